The Kier molecular flexibility index (Phi) is 5.65. The van der Waals surface area contributed by atoms with E-state index < -0.39 is 74.0 Å². The summed E-state index contributed by atoms with van der Waals surface area (Å²) in [4.78, 5) is 23.6. The van der Waals surface area contributed by atoms with Crippen LogP contribution in [-0.2, 0) is 23.8 Å². The van der Waals surface area contributed by atoms with Crippen LogP contribution in [0.1, 0.15) is 0 Å². The Labute approximate surface area is 129 Å². The molecule has 0 spiro atoms. The molecule has 132 valence electrons. The fourth-order valence-corrected chi connectivity index (χ4v) is 2.31. The number of esters is 1. The van der Waals surface area contributed by atoms with Crippen molar-refractivity contribution < 1.29 is 54.4 Å². The van der Waals surface area contributed by atoms with E-state index >= 15 is 0 Å². The maximum Gasteiger partial charge on any atom is 0.344 e. The SMILES string of the molecule is O=C1OC(C(O)CO)C(=O)C1O[C@@H]1OC(CO)[C@H](O)C(O)C1O. The van der Waals surface area contributed by atoms with Gasteiger partial charge in [-0.15, -0.1) is 0 Å². The molecule has 6 N–H and O–H groups in total. The summed E-state index contributed by atoms with van der Waals surface area (Å²) in [6.07, 6.45) is -13.2. The van der Waals surface area contributed by atoms with Crippen LogP contribution in [0.15, 0.2) is 0 Å². The van der Waals surface area contributed by atoms with Gasteiger partial charge in [0.25, 0.3) is 0 Å². The van der Waals surface area contributed by atoms with Crippen molar-refractivity contribution in [3.63, 3.8) is 0 Å². The number of ether oxygens (including phenoxy) is 3. The van der Waals surface area contributed by atoms with Crippen molar-refractivity contribution in [2.75, 3.05) is 13.2 Å². The van der Waals surface area contributed by atoms with Crippen LogP contribution in [0.25, 0.3) is 0 Å². The summed E-state index contributed by atoms with van der Waals surface area (Å²) in [5, 5.41) is 56.2. The molecule has 0 aliphatic carbocycles. The Hall–Kier alpha value is -1.18. The predicted octanol–water partition coefficient (Wildman–Crippen LogP) is -4.98. The molecule has 11 nitrogen and oxygen atoms in total. The highest BCUT2D eigenvalue weighted by molar-refractivity contribution is 6.09. The second-order valence-electron chi connectivity index (χ2n) is 5.22. The summed E-state index contributed by atoms with van der Waals surface area (Å²) in [7, 11) is 0. The van der Waals surface area contributed by atoms with E-state index in [4.69, 9.17) is 19.7 Å². The molecule has 0 radical (unpaired) electrons. The normalized spacial score (nSPS) is 42.6. The van der Waals surface area contributed by atoms with Gasteiger partial charge in [0.05, 0.1) is 13.2 Å². The van der Waals surface area contributed by atoms with E-state index in [2.05, 4.69) is 4.74 Å². The van der Waals surface area contributed by atoms with E-state index in [1.807, 2.05) is 0 Å². The fraction of sp³-hybridized carbons (Fsp3) is 0.833. The summed E-state index contributed by atoms with van der Waals surface area (Å²) < 4.78 is 14.6. The molecule has 0 aromatic heterocycles. The Bertz CT molecular complexity index is 452. The van der Waals surface area contributed by atoms with Gasteiger partial charge >= 0.3 is 5.97 Å². The molecule has 2 fully saturated rings. The van der Waals surface area contributed by atoms with Crippen LogP contribution in [0, 0.1) is 0 Å². The molecule has 2 saturated heterocycles. The molecule has 2 heterocycles. The standard InChI is InChI=1S/C12H18O11/c13-1-3(15)9-8(19)10(11(20)22-9)23-12-7(18)6(17)5(16)4(2-14)21-12/h3-7,9-10,12-18H,1-2H2/t3?,4?,5-,6?,7?,9?,10?,12-/m0/s1. The minimum Gasteiger partial charge on any atom is -0.449 e. The van der Waals surface area contributed by atoms with Gasteiger partial charge < -0.3 is 44.8 Å². The fourth-order valence-electron chi connectivity index (χ4n) is 2.31. The summed E-state index contributed by atoms with van der Waals surface area (Å²) in [6.45, 7) is -1.53. The maximum atomic E-state index is 12.0. The minimum absolute atomic E-state index is 0.709. The van der Waals surface area contributed by atoms with Crippen molar-refractivity contribution in [2.45, 2.75) is 49.0 Å². The third-order valence-corrected chi connectivity index (χ3v) is 3.65. The minimum atomic E-state index is -1.84. The molecule has 2 aliphatic heterocycles. The second-order valence-corrected chi connectivity index (χ2v) is 5.22. The largest absolute Gasteiger partial charge is 0.449 e. The van der Waals surface area contributed by atoms with Crippen LogP contribution in [0.2, 0.25) is 0 Å². The Balaban J connectivity index is 2.08. The number of carbonyl (C=O) groups excluding carboxylic acids is 2. The van der Waals surface area contributed by atoms with Gasteiger partial charge in [-0.25, -0.2) is 4.79 Å². The molecular formula is C12H18O11. The number of carbonyl (C=O) groups is 2. The second kappa shape index (κ2) is 7.15. The molecule has 0 bridgehead atoms. The molecule has 8 atom stereocenters. The number of hydrogen-bond donors (Lipinski definition) is 6. The van der Waals surface area contributed by atoms with Crippen molar-refractivity contribution in [1.82, 2.24) is 0 Å². The lowest BCUT2D eigenvalue weighted by Crippen LogP contribution is -2.60. The van der Waals surface area contributed by atoms with Crippen molar-refractivity contribution in [2.24, 2.45) is 0 Å². The quantitative estimate of drug-likeness (QED) is 0.208. The molecule has 0 aromatic carbocycles. The lowest BCUT2D eigenvalue weighted by Gasteiger charge is -2.39. The Morgan fingerprint density at radius 3 is 2.30 bits per heavy atom. The zero-order valence-electron chi connectivity index (χ0n) is 11.8. The molecule has 0 saturated carbocycles. The number of cyclic esters (lactones) is 1. The Morgan fingerprint density at radius 1 is 1.09 bits per heavy atom. The van der Waals surface area contributed by atoms with E-state index in [-0.39, 0.29) is 0 Å². The highest BCUT2D eigenvalue weighted by Gasteiger charge is 2.52. The van der Waals surface area contributed by atoms with E-state index in [1.165, 1.54) is 0 Å². The molecule has 23 heavy (non-hydrogen) atoms. The van der Waals surface area contributed by atoms with Crippen molar-refractivity contribution in [3.05, 3.63) is 0 Å². The summed E-state index contributed by atoms with van der Waals surface area (Å²) in [5.41, 5.74) is 0. The van der Waals surface area contributed by atoms with Crippen molar-refractivity contribution in [3.8, 4) is 0 Å². The van der Waals surface area contributed by atoms with Crippen LogP contribution in [0.5, 0.6) is 0 Å². The first-order valence-electron chi connectivity index (χ1n) is 6.81. The molecule has 2 rings (SSSR count). The lowest BCUT2D eigenvalue weighted by atomic mass is 9.99. The smallest absolute Gasteiger partial charge is 0.344 e. The number of aliphatic hydroxyl groups excluding tert-OH is 6. The molecular weight excluding hydrogens is 320 g/mol. The molecule has 0 amide bonds. The third-order valence-electron chi connectivity index (χ3n) is 3.65. The zero-order valence-corrected chi connectivity index (χ0v) is 11.8. The first-order chi connectivity index (χ1) is 10.8. The number of Topliss-reactive ketones (excluding diaryl/α,β-unsaturated/α-hetero) is 1. The molecule has 2 aliphatic rings. The first kappa shape index (κ1) is 18.2. The summed E-state index contributed by atoms with van der Waals surface area (Å²) in [6, 6.07) is 0. The predicted molar refractivity (Wildman–Crippen MR) is 66.6 cm³/mol. The number of rotatable bonds is 5. The van der Waals surface area contributed by atoms with Crippen LogP contribution >= 0.6 is 0 Å². The van der Waals surface area contributed by atoms with Gasteiger partial charge in [0.15, 0.2) is 12.4 Å². The molecule has 0 aromatic rings. The van der Waals surface area contributed by atoms with E-state index in [1.54, 1.807) is 0 Å². The van der Waals surface area contributed by atoms with Crippen LogP contribution in [0.3, 0.4) is 0 Å². The monoisotopic (exact) mass is 338 g/mol. The van der Waals surface area contributed by atoms with Crippen molar-refractivity contribution in [1.29, 1.82) is 0 Å². The van der Waals surface area contributed by atoms with Crippen LogP contribution in [-0.4, -0.2) is 105 Å². The maximum absolute atomic E-state index is 12.0. The van der Waals surface area contributed by atoms with E-state index in [9.17, 15) is 30.0 Å². The summed E-state index contributed by atoms with van der Waals surface area (Å²) >= 11 is 0. The average Bonchev–Trinajstić information content (AvgIpc) is 2.82. The molecule has 6 unspecified atom stereocenters. The summed E-state index contributed by atoms with van der Waals surface area (Å²) in [5.74, 6) is -2.15. The van der Waals surface area contributed by atoms with E-state index in [0.717, 1.165) is 0 Å². The topological polar surface area (TPSA) is 183 Å². The van der Waals surface area contributed by atoms with Gasteiger partial charge in [0, 0.05) is 0 Å². The lowest BCUT2D eigenvalue weighted by molar-refractivity contribution is -0.305. The first-order valence-corrected chi connectivity index (χ1v) is 6.81. The van der Waals surface area contributed by atoms with Crippen LogP contribution in [0.4, 0.5) is 0 Å². The van der Waals surface area contributed by atoms with Crippen LogP contribution < -0.4 is 0 Å². The van der Waals surface area contributed by atoms with Gasteiger partial charge in [0.1, 0.15) is 30.5 Å². The van der Waals surface area contributed by atoms with Gasteiger partial charge in [-0.2, -0.15) is 0 Å². The van der Waals surface area contributed by atoms with Crippen molar-refractivity contribution >= 4 is 11.8 Å². The number of ketones is 1. The zero-order chi connectivity index (χ0) is 17.3. The Morgan fingerprint density at radius 2 is 1.74 bits per heavy atom. The molecule has 11 heteroatoms. The average molecular weight is 338 g/mol. The highest BCUT2D eigenvalue weighted by atomic mass is 16.7. The van der Waals surface area contributed by atoms with E-state index in [0.29, 0.717) is 0 Å². The number of aliphatic hydroxyl groups is 6. The van der Waals surface area contributed by atoms with Gasteiger partial charge in [-0.1, -0.05) is 0 Å². The third kappa shape index (κ3) is 3.36. The highest BCUT2D eigenvalue weighted by Crippen LogP contribution is 2.26. The van der Waals surface area contributed by atoms with Gasteiger partial charge in [-0.3, -0.25) is 4.79 Å². The van der Waals surface area contributed by atoms with Gasteiger partial charge in [0.2, 0.25) is 11.9 Å². The van der Waals surface area contributed by atoms with Gasteiger partial charge in [-0.05, 0) is 0 Å². The number of hydrogen-bond acceptors (Lipinski definition) is 11.